The Kier molecular flexibility index (Phi) is 4.78. The maximum atomic E-state index is 12.5. The van der Waals surface area contributed by atoms with Gasteiger partial charge in [-0.15, -0.1) is 17.9 Å². The Balaban J connectivity index is 2.07. The Bertz CT molecular complexity index is 529. The summed E-state index contributed by atoms with van der Waals surface area (Å²) in [5.41, 5.74) is 0. The van der Waals surface area contributed by atoms with Crippen LogP contribution in [0.5, 0.6) is 0 Å². The molecule has 106 valence electrons. The van der Waals surface area contributed by atoms with Crippen molar-refractivity contribution in [2.24, 2.45) is 0 Å². The van der Waals surface area contributed by atoms with E-state index in [0.717, 1.165) is 30.9 Å². The monoisotopic (exact) mass is 300 g/mol. The van der Waals surface area contributed by atoms with E-state index in [0.29, 0.717) is 17.3 Å². The van der Waals surface area contributed by atoms with E-state index in [1.165, 1.54) is 11.3 Å². The number of nitrogens with zero attached hydrogens (tertiary/aromatic N) is 2. The van der Waals surface area contributed by atoms with Gasteiger partial charge in [-0.1, -0.05) is 13.0 Å². The first-order valence-electron chi connectivity index (χ1n) is 6.50. The lowest BCUT2D eigenvalue weighted by molar-refractivity contribution is 0.204. The molecule has 0 spiro atoms. The summed E-state index contributed by atoms with van der Waals surface area (Å²) < 4.78 is 27.0. The normalized spacial score (nSPS) is 18.6. The number of thiophene rings is 1. The molecular weight excluding hydrogens is 280 g/mol. The lowest BCUT2D eigenvalue weighted by atomic mass is 10.3. The smallest absolute Gasteiger partial charge is 0.252 e. The highest BCUT2D eigenvalue weighted by molar-refractivity contribution is 7.91. The Morgan fingerprint density at radius 3 is 2.53 bits per heavy atom. The van der Waals surface area contributed by atoms with Gasteiger partial charge in [-0.2, -0.15) is 4.31 Å². The molecule has 1 saturated heterocycles. The number of sulfonamides is 1. The number of rotatable bonds is 5. The Hall–Kier alpha value is -0.690. The van der Waals surface area contributed by atoms with Crippen LogP contribution in [0.4, 0.5) is 0 Å². The van der Waals surface area contributed by atoms with Crippen LogP contribution in [0.25, 0.3) is 0 Å². The SMILES string of the molecule is C=CCN1CCN(S(=O)(=O)c2ccc(CC)s2)CC1. The molecule has 0 atom stereocenters. The molecule has 4 nitrogen and oxygen atoms in total. The molecule has 19 heavy (non-hydrogen) atoms. The second-order valence-electron chi connectivity index (χ2n) is 4.57. The predicted octanol–water partition coefficient (Wildman–Crippen LogP) is 1.80. The Labute approximate surface area is 119 Å². The first-order chi connectivity index (χ1) is 9.07. The number of hydrogen-bond donors (Lipinski definition) is 0. The fourth-order valence-electron chi connectivity index (χ4n) is 2.15. The molecule has 0 bridgehead atoms. The average Bonchev–Trinajstić information content (AvgIpc) is 2.89. The third-order valence-corrected chi connectivity index (χ3v) is 6.89. The summed E-state index contributed by atoms with van der Waals surface area (Å²) in [7, 11) is -3.29. The number of hydrogen-bond acceptors (Lipinski definition) is 4. The minimum atomic E-state index is -3.29. The highest BCUT2D eigenvalue weighted by Gasteiger charge is 2.29. The molecular formula is C13H20N2O2S2. The summed E-state index contributed by atoms with van der Waals surface area (Å²) in [5, 5.41) is 0. The van der Waals surface area contributed by atoms with Crippen LogP contribution in [0, 0.1) is 0 Å². The molecule has 0 aliphatic carbocycles. The number of aryl methyl sites for hydroxylation is 1. The highest BCUT2D eigenvalue weighted by atomic mass is 32.2. The van der Waals surface area contributed by atoms with Gasteiger partial charge in [0.15, 0.2) is 0 Å². The van der Waals surface area contributed by atoms with Crippen LogP contribution < -0.4 is 0 Å². The van der Waals surface area contributed by atoms with Crippen LogP contribution in [0.15, 0.2) is 29.0 Å². The van der Waals surface area contributed by atoms with E-state index in [-0.39, 0.29) is 0 Å². The first-order valence-corrected chi connectivity index (χ1v) is 8.75. The van der Waals surface area contributed by atoms with Gasteiger partial charge in [-0.05, 0) is 18.6 Å². The van der Waals surface area contributed by atoms with Gasteiger partial charge < -0.3 is 0 Å². The zero-order valence-electron chi connectivity index (χ0n) is 11.2. The van der Waals surface area contributed by atoms with Gasteiger partial charge in [0, 0.05) is 37.6 Å². The van der Waals surface area contributed by atoms with E-state index in [1.807, 2.05) is 19.1 Å². The van der Waals surface area contributed by atoms with Crippen molar-refractivity contribution in [2.75, 3.05) is 32.7 Å². The van der Waals surface area contributed by atoms with Crippen molar-refractivity contribution in [3.05, 3.63) is 29.7 Å². The molecule has 2 heterocycles. The van der Waals surface area contributed by atoms with E-state index in [4.69, 9.17) is 0 Å². The van der Waals surface area contributed by atoms with Gasteiger partial charge in [-0.3, -0.25) is 4.90 Å². The van der Waals surface area contributed by atoms with Crippen LogP contribution >= 0.6 is 11.3 Å². The van der Waals surface area contributed by atoms with Crippen LogP contribution in [0.3, 0.4) is 0 Å². The summed E-state index contributed by atoms with van der Waals surface area (Å²) in [4.78, 5) is 3.33. The lowest BCUT2D eigenvalue weighted by Gasteiger charge is -2.32. The Morgan fingerprint density at radius 2 is 2.00 bits per heavy atom. The van der Waals surface area contributed by atoms with E-state index < -0.39 is 10.0 Å². The maximum absolute atomic E-state index is 12.5. The molecule has 1 aromatic rings. The Morgan fingerprint density at radius 1 is 1.32 bits per heavy atom. The van der Waals surface area contributed by atoms with Gasteiger partial charge >= 0.3 is 0 Å². The van der Waals surface area contributed by atoms with E-state index in [2.05, 4.69) is 11.5 Å². The minimum Gasteiger partial charge on any atom is -0.297 e. The molecule has 0 aromatic carbocycles. The molecule has 1 aromatic heterocycles. The average molecular weight is 300 g/mol. The van der Waals surface area contributed by atoms with Crippen molar-refractivity contribution in [1.29, 1.82) is 0 Å². The molecule has 0 amide bonds. The quantitative estimate of drug-likeness (QED) is 0.779. The molecule has 0 saturated carbocycles. The van der Waals surface area contributed by atoms with Gasteiger partial charge in [0.05, 0.1) is 0 Å². The predicted molar refractivity (Wildman–Crippen MR) is 79.1 cm³/mol. The molecule has 6 heteroatoms. The van der Waals surface area contributed by atoms with Crippen molar-refractivity contribution in [3.63, 3.8) is 0 Å². The van der Waals surface area contributed by atoms with Gasteiger partial charge in [0.25, 0.3) is 10.0 Å². The number of piperazine rings is 1. The maximum Gasteiger partial charge on any atom is 0.252 e. The van der Waals surface area contributed by atoms with Crippen LogP contribution in [0.1, 0.15) is 11.8 Å². The summed E-state index contributed by atoms with van der Waals surface area (Å²) in [5.74, 6) is 0. The first kappa shape index (κ1) is 14.7. The van der Waals surface area contributed by atoms with E-state index in [1.54, 1.807) is 10.4 Å². The summed E-state index contributed by atoms with van der Waals surface area (Å²) in [6.07, 6.45) is 2.74. The van der Waals surface area contributed by atoms with Gasteiger partial charge in [0.2, 0.25) is 0 Å². The second kappa shape index (κ2) is 6.17. The molecule has 0 unspecified atom stereocenters. The van der Waals surface area contributed by atoms with Crippen LogP contribution in [-0.4, -0.2) is 50.3 Å². The van der Waals surface area contributed by atoms with E-state index in [9.17, 15) is 8.42 Å². The fourth-order valence-corrected chi connectivity index (χ4v) is 5.02. The lowest BCUT2D eigenvalue weighted by Crippen LogP contribution is -2.48. The molecule has 1 fully saturated rings. The summed E-state index contributed by atoms with van der Waals surface area (Å²) in [6, 6.07) is 3.64. The standard InChI is InChI=1S/C13H20N2O2S2/c1-3-7-14-8-10-15(11-9-14)19(16,17)13-6-5-12(4-2)18-13/h3,5-6H,1,4,7-11H2,2H3. The largest absolute Gasteiger partial charge is 0.297 e. The third-order valence-electron chi connectivity index (χ3n) is 3.30. The molecule has 1 aliphatic rings. The second-order valence-corrected chi connectivity index (χ2v) is 7.90. The van der Waals surface area contributed by atoms with Crippen LogP contribution in [-0.2, 0) is 16.4 Å². The third kappa shape index (κ3) is 3.25. The van der Waals surface area contributed by atoms with Crippen molar-refractivity contribution < 1.29 is 8.42 Å². The van der Waals surface area contributed by atoms with E-state index >= 15 is 0 Å². The van der Waals surface area contributed by atoms with Crippen molar-refractivity contribution >= 4 is 21.4 Å². The minimum absolute atomic E-state index is 0.474. The fraction of sp³-hybridized carbons (Fsp3) is 0.538. The summed E-state index contributed by atoms with van der Waals surface area (Å²) >= 11 is 1.39. The molecule has 0 radical (unpaired) electrons. The zero-order valence-corrected chi connectivity index (χ0v) is 12.8. The van der Waals surface area contributed by atoms with Crippen molar-refractivity contribution in [1.82, 2.24) is 9.21 Å². The zero-order chi connectivity index (χ0) is 13.9. The molecule has 2 rings (SSSR count). The van der Waals surface area contributed by atoms with Crippen molar-refractivity contribution in [3.8, 4) is 0 Å². The topological polar surface area (TPSA) is 40.6 Å². The molecule has 1 aliphatic heterocycles. The van der Waals surface area contributed by atoms with Gasteiger partial charge in [-0.25, -0.2) is 8.42 Å². The highest BCUT2D eigenvalue weighted by Crippen LogP contribution is 2.25. The molecule has 0 N–H and O–H groups in total. The van der Waals surface area contributed by atoms with Gasteiger partial charge in [0.1, 0.15) is 4.21 Å². The summed E-state index contributed by atoms with van der Waals surface area (Å²) in [6.45, 7) is 9.25. The van der Waals surface area contributed by atoms with Crippen molar-refractivity contribution in [2.45, 2.75) is 17.6 Å². The van der Waals surface area contributed by atoms with Crippen LogP contribution in [0.2, 0.25) is 0 Å².